The van der Waals surface area contributed by atoms with Crippen molar-refractivity contribution in [2.75, 3.05) is 37.7 Å². The maximum Gasteiger partial charge on any atom is 0.319 e. The Kier molecular flexibility index (Phi) is 5.84. The fourth-order valence-corrected chi connectivity index (χ4v) is 9.79. The Morgan fingerprint density at radius 1 is 1.19 bits per heavy atom. The minimum Gasteiger partial charge on any atom is -0.508 e. The van der Waals surface area contributed by atoms with Gasteiger partial charge in [-0.05, 0) is 61.4 Å². The van der Waals surface area contributed by atoms with Crippen LogP contribution in [0.1, 0.15) is 44.6 Å². The number of alkyl halides is 1. The van der Waals surface area contributed by atoms with Gasteiger partial charge in [0.2, 0.25) is 5.88 Å². The highest BCUT2D eigenvalue weighted by atomic mass is 19.1. The number of halogens is 3. The Labute approximate surface area is 274 Å². The zero-order valence-corrected chi connectivity index (χ0v) is 26.5. The number of phenols is 1. The monoisotopic (exact) mass is 656 g/mol. The lowest BCUT2D eigenvalue weighted by Gasteiger charge is -2.42. The van der Waals surface area contributed by atoms with E-state index < -0.39 is 23.3 Å². The summed E-state index contributed by atoms with van der Waals surface area (Å²) in [6.07, 6.45) is 2.73. The van der Waals surface area contributed by atoms with Gasteiger partial charge in [0.05, 0.1) is 11.1 Å². The largest absolute Gasteiger partial charge is 0.508 e. The van der Waals surface area contributed by atoms with Crippen LogP contribution in [0.25, 0.3) is 38.5 Å². The van der Waals surface area contributed by atoms with E-state index in [1.165, 1.54) is 18.2 Å². The molecular weight excluding hydrogens is 621 g/mol. The summed E-state index contributed by atoms with van der Waals surface area (Å²) < 4.78 is 60.1. The van der Waals surface area contributed by atoms with Gasteiger partial charge in [-0.15, -0.1) is 0 Å². The molecule has 1 aliphatic carbocycles. The Balaban J connectivity index is 1.19. The summed E-state index contributed by atoms with van der Waals surface area (Å²) in [7, 11) is 0. The summed E-state index contributed by atoms with van der Waals surface area (Å²) >= 11 is 0. The molecule has 2 N–H and O–H groups in total. The molecule has 8 heterocycles. The molecular formula is C36H35F3N6O3. The number of aromatic nitrogens is 3. The summed E-state index contributed by atoms with van der Waals surface area (Å²) in [5.41, 5.74) is 0.0199. The highest BCUT2D eigenvalue weighted by Gasteiger charge is 2.76. The molecule has 7 aliphatic rings. The van der Waals surface area contributed by atoms with Gasteiger partial charge in [-0.3, -0.25) is 4.90 Å². The summed E-state index contributed by atoms with van der Waals surface area (Å²) in [5.74, 6) is -0.332. The second-order valence-electron chi connectivity index (χ2n) is 14.5. The van der Waals surface area contributed by atoms with E-state index in [0.717, 1.165) is 25.8 Å². The van der Waals surface area contributed by atoms with Crippen LogP contribution in [0.4, 0.5) is 19.0 Å². The van der Waals surface area contributed by atoms with Crippen molar-refractivity contribution in [3.05, 3.63) is 48.0 Å². The third kappa shape index (κ3) is 3.73. The average molecular weight is 657 g/mol. The van der Waals surface area contributed by atoms with Crippen LogP contribution in [-0.4, -0.2) is 87.1 Å². The van der Waals surface area contributed by atoms with Crippen molar-refractivity contribution < 1.29 is 27.8 Å². The van der Waals surface area contributed by atoms with E-state index >= 15 is 8.78 Å². The first-order valence-corrected chi connectivity index (χ1v) is 16.9. The van der Waals surface area contributed by atoms with Crippen LogP contribution in [0.5, 0.6) is 17.6 Å². The Hall–Kier alpha value is -4.16. The second kappa shape index (κ2) is 9.72. The number of rotatable bonds is 6. The van der Waals surface area contributed by atoms with E-state index in [9.17, 15) is 9.50 Å². The predicted octanol–water partition coefficient (Wildman–Crippen LogP) is 5.52. The lowest BCUT2D eigenvalue weighted by molar-refractivity contribution is 0.107. The van der Waals surface area contributed by atoms with Gasteiger partial charge in [0, 0.05) is 54.0 Å². The normalized spacial score (nSPS) is 31.1. The van der Waals surface area contributed by atoms with Crippen molar-refractivity contribution in [1.29, 1.82) is 0 Å². The van der Waals surface area contributed by atoms with Crippen molar-refractivity contribution in [3.8, 4) is 28.9 Å². The zero-order chi connectivity index (χ0) is 32.7. The summed E-state index contributed by atoms with van der Waals surface area (Å²) in [4.78, 5) is 18.7. The van der Waals surface area contributed by atoms with Gasteiger partial charge in [0.1, 0.15) is 53.4 Å². The molecule has 0 radical (unpaired) electrons. The van der Waals surface area contributed by atoms with Gasteiger partial charge in [0.15, 0.2) is 5.82 Å². The molecule has 12 heteroatoms. The second-order valence-corrected chi connectivity index (χ2v) is 14.5. The van der Waals surface area contributed by atoms with Gasteiger partial charge in [-0.2, -0.15) is 9.97 Å². The molecule has 0 amide bonds. The number of allylic oxidation sites excluding steroid dienone is 1. The van der Waals surface area contributed by atoms with Crippen LogP contribution in [0.3, 0.4) is 0 Å². The molecule has 6 atom stereocenters. The Bertz CT molecular complexity index is 2080. The molecule has 1 spiro atoms. The third-order valence-corrected chi connectivity index (χ3v) is 12.1. The minimum absolute atomic E-state index is 0.0105. The first kappa shape index (κ1) is 28.8. The number of benzene rings is 2. The van der Waals surface area contributed by atoms with Crippen molar-refractivity contribution in [3.63, 3.8) is 0 Å². The van der Waals surface area contributed by atoms with Crippen LogP contribution < -0.4 is 19.7 Å². The Morgan fingerprint density at radius 2 is 2.06 bits per heavy atom. The number of nitrogens with one attached hydrogen (secondary N) is 1. The molecule has 4 aromatic rings. The number of aromatic hydroxyl groups is 1. The van der Waals surface area contributed by atoms with Crippen LogP contribution in [0, 0.1) is 17.6 Å². The number of hydrogen-bond acceptors (Lipinski definition) is 9. The highest BCUT2D eigenvalue weighted by Crippen LogP contribution is 2.62. The number of fused-ring (bicyclic) bond motifs is 2. The fourth-order valence-electron chi connectivity index (χ4n) is 9.79. The van der Waals surface area contributed by atoms with Gasteiger partial charge in [0.25, 0.3) is 0 Å². The lowest BCUT2D eigenvalue weighted by Crippen LogP contribution is -2.60. The number of anilines is 1. The molecule has 5 saturated heterocycles. The molecule has 6 fully saturated rings. The Morgan fingerprint density at radius 3 is 2.88 bits per heavy atom. The number of nitrogens with zero attached hydrogens (tertiary/aromatic N) is 5. The zero-order valence-electron chi connectivity index (χ0n) is 26.5. The molecule has 2 unspecified atom stereocenters. The van der Waals surface area contributed by atoms with Gasteiger partial charge >= 0.3 is 6.01 Å². The summed E-state index contributed by atoms with van der Waals surface area (Å²) in [5, 5.41) is 15.8. The molecule has 2 aromatic carbocycles. The van der Waals surface area contributed by atoms with E-state index in [0.29, 0.717) is 66.0 Å². The highest BCUT2D eigenvalue weighted by molar-refractivity contribution is 6.06. The number of piperidine rings is 2. The van der Waals surface area contributed by atoms with E-state index in [1.54, 1.807) is 6.07 Å². The quantitative estimate of drug-likeness (QED) is 0.278. The van der Waals surface area contributed by atoms with Crippen molar-refractivity contribution in [1.82, 2.24) is 25.2 Å². The molecule has 11 rings (SSSR count). The fraction of sp³-hybridized carbons (Fsp3) is 0.472. The van der Waals surface area contributed by atoms with Gasteiger partial charge in [-0.25, -0.2) is 18.2 Å². The first-order valence-electron chi connectivity index (χ1n) is 16.9. The standard InChI is InChI=1S/C36H35F3N6O3/c1-3-17(2)25-24(38)6-5-18-9-21(46)11-22(26(18)25)29-28(39)30-27-32(43-34(42-30)48-15-35-7-4-8-44(35)13-19(37)12-35)45-14-20-10-23-31(40-20)36(23,45)16-47-33(27)41-29/h5-6,9,11,19-20,23,31,40,46H,2-4,7-8,10,12-16H2,1H3/t19-,20?,23-,31?,35-,36+/m0/s1. The molecule has 9 nitrogen and oxygen atoms in total. The van der Waals surface area contributed by atoms with Gasteiger partial charge < -0.3 is 24.8 Å². The minimum atomic E-state index is -0.920. The average Bonchev–Trinajstić information content (AvgIpc) is 3.31. The third-order valence-electron chi connectivity index (χ3n) is 12.1. The molecule has 248 valence electrons. The molecule has 48 heavy (non-hydrogen) atoms. The van der Waals surface area contributed by atoms with E-state index in [1.807, 2.05) is 6.92 Å². The predicted molar refractivity (Wildman–Crippen MR) is 174 cm³/mol. The number of pyridine rings is 1. The van der Waals surface area contributed by atoms with Crippen molar-refractivity contribution in [2.45, 2.75) is 68.4 Å². The number of ether oxygens (including phenoxy) is 2. The van der Waals surface area contributed by atoms with Gasteiger partial charge in [-0.1, -0.05) is 19.6 Å². The van der Waals surface area contributed by atoms with Crippen molar-refractivity contribution in [2.24, 2.45) is 5.92 Å². The summed E-state index contributed by atoms with van der Waals surface area (Å²) in [6.45, 7) is 8.36. The van der Waals surface area contributed by atoms with Crippen LogP contribution in [-0.2, 0) is 0 Å². The van der Waals surface area contributed by atoms with E-state index in [2.05, 4.69) is 26.7 Å². The molecule has 6 aliphatic heterocycles. The molecule has 4 bridgehead atoms. The molecule has 1 saturated carbocycles. The number of piperazine rings is 1. The maximum atomic E-state index is 17.2. The first-order chi connectivity index (χ1) is 23.2. The maximum absolute atomic E-state index is 17.2. The topological polar surface area (TPSA) is 95.9 Å². The number of hydrogen-bond donors (Lipinski definition) is 2. The smallest absolute Gasteiger partial charge is 0.319 e. The van der Waals surface area contributed by atoms with Crippen molar-refractivity contribution >= 4 is 33.1 Å². The SMILES string of the molecule is C=C(CC)c1c(F)ccc2cc(O)cc(-c3nc4c5c(nc(OC[C@@]67CCCN6C[C@@H](F)C7)nc5c3F)N3CC5C[C@H]6C(N5)[C@@]63CO4)c12. The lowest BCUT2D eigenvalue weighted by atomic mass is 9.91. The van der Waals surface area contributed by atoms with E-state index in [-0.39, 0.29) is 64.2 Å². The number of phenolic OH excluding ortho intramolecular Hbond substituents is 1. The van der Waals surface area contributed by atoms with Crippen LogP contribution in [0.15, 0.2) is 30.8 Å². The molecule has 2 aromatic heterocycles. The summed E-state index contributed by atoms with van der Waals surface area (Å²) in [6, 6.07) is 6.30. The van der Waals surface area contributed by atoms with E-state index in [4.69, 9.17) is 19.4 Å². The van der Waals surface area contributed by atoms with Crippen LogP contribution >= 0.6 is 0 Å². The van der Waals surface area contributed by atoms with Crippen LogP contribution in [0.2, 0.25) is 0 Å².